The third-order valence-electron chi connectivity index (χ3n) is 4.29. The number of carbonyl (C=O) groups excluding carboxylic acids is 1. The molecule has 1 amide bonds. The van der Waals surface area contributed by atoms with E-state index < -0.39 is 5.97 Å². The molecule has 1 N–H and O–H groups in total. The van der Waals surface area contributed by atoms with Crippen molar-refractivity contribution >= 4 is 23.2 Å². The molecule has 2 heterocycles. The molecule has 1 aliphatic rings. The maximum absolute atomic E-state index is 12.5. The molecule has 0 spiro atoms. The zero-order chi connectivity index (χ0) is 17.8. The molecule has 0 radical (unpaired) electrons. The molecule has 1 aromatic heterocycles. The minimum atomic E-state index is -0.774. The summed E-state index contributed by atoms with van der Waals surface area (Å²) in [5, 5.41) is 12.0. The highest BCUT2D eigenvalue weighted by atomic mass is 32.1. The van der Waals surface area contributed by atoms with Crippen LogP contribution in [0.1, 0.15) is 33.9 Å². The second-order valence-corrected chi connectivity index (χ2v) is 7.14. The molecule has 3 rings (SSSR count). The number of ether oxygens (including phenoxy) is 1. The van der Waals surface area contributed by atoms with Gasteiger partial charge in [0.1, 0.15) is 12.4 Å². The maximum Gasteiger partial charge on any atom is 0.306 e. The molecule has 1 saturated heterocycles. The fourth-order valence-electron chi connectivity index (χ4n) is 2.84. The topological polar surface area (TPSA) is 79.7 Å². The molecule has 0 aliphatic carbocycles. The first-order valence-corrected chi connectivity index (χ1v) is 9.07. The highest BCUT2D eigenvalue weighted by Crippen LogP contribution is 2.21. The lowest BCUT2D eigenvalue weighted by Crippen LogP contribution is -2.40. The summed E-state index contributed by atoms with van der Waals surface area (Å²) in [7, 11) is 0. The van der Waals surface area contributed by atoms with Gasteiger partial charge in [-0.2, -0.15) is 0 Å². The van der Waals surface area contributed by atoms with Crippen molar-refractivity contribution in [1.29, 1.82) is 0 Å². The number of hydrogen-bond donors (Lipinski definition) is 1. The molecule has 0 saturated carbocycles. The predicted octanol–water partition coefficient (Wildman–Crippen LogP) is 2.97. The number of thiazole rings is 1. The van der Waals surface area contributed by atoms with E-state index in [2.05, 4.69) is 4.98 Å². The average Bonchev–Trinajstić information content (AvgIpc) is 3.05. The summed E-state index contributed by atoms with van der Waals surface area (Å²) >= 11 is 1.59. The van der Waals surface area contributed by atoms with E-state index in [-0.39, 0.29) is 11.8 Å². The van der Waals surface area contributed by atoms with E-state index in [4.69, 9.17) is 9.84 Å². The van der Waals surface area contributed by atoms with Crippen molar-refractivity contribution in [2.75, 3.05) is 13.1 Å². The number of benzene rings is 1. The molecular weight excluding hydrogens is 340 g/mol. The van der Waals surface area contributed by atoms with E-state index >= 15 is 0 Å². The number of amides is 1. The molecule has 2 aromatic rings. The van der Waals surface area contributed by atoms with Gasteiger partial charge in [-0.3, -0.25) is 9.59 Å². The minimum Gasteiger partial charge on any atom is -0.487 e. The van der Waals surface area contributed by atoms with Crippen LogP contribution < -0.4 is 4.74 Å². The molecule has 1 fully saturated rings. The number of aromatic nitrogens is 1. The molecular formula is C18H20N2O4S. The molecule has 1 aromatic carbocycles. The van der Waals surface area contributed by atoms with Crippen LogP contribution in [0.4, 0.5) is 0 Å². The van der Waals surface area contributed by atoms with Gasteiger partial charge in [0.25, 0.3) is 5.91 Å². The Balaban J connectivity index is 1.54. The molecule has 6 nitrogen and oxygen atoms in total. The Bertz CT molecular complexity index is 749. The van der Waals surface area contributed by atoms with Crippen LogP contribution in [0.2, 0.25) is 0 Å². The molecule has 1 aliphatic heterocycles. The van der Waals surface area contributed by atoms with E-state index in [1.54, 1.807) is 40.5 Å². The fourth-order valence-corrected chi connectivity index (χ4v) is 3.43. The van der Waals surface area contributed by atoms with Crippen molar-refractivity contribution in [1.82, 2.24) is 9.88 Å². The number of carboxylic acid groups (broad SMARTS) is 1. The largest absolute Gasteiger partial charge is 0.487 e. The zero-order valence-corrected chi connectivity index (χ0v) is 14.8. The summed E-state index contributed by atoms with van der Waals surface area (Å²) in [6.45, 7) is 3.32. The van der Waals surface area contributed by atoms with Crippen LogP contribution in [-0.4, -0.2) is 40.0 Å². The second kappa shape index (κ2) is 7.65. The van der Waals surface area contributed by atoms with Gasteiger partial charge in [0, 0.05) is 24.0 Å². The van der Waals surface area contributed by atoms with Gasteiger partial charge >= 0.3 is 5.97 Å². The quantitative estimate of drug-likeness (QED) is 0.887. The number of carbonyl (C=O) groups is 2. The van der Waals surface area contributed by atoms with E-state index in [1.165, 1.54) is 0 Å². The number of likely N-dealkylation sites (tertiary alicyclic amines) is 1. The highest BCUT2D eigenvalue weighted by molar-refractivity contribution is 7.09. The lowest BCUT2D eigenvalue weighted by Gasteiger charge is -2.30. The van der Waals surface area contributed by atoms with E-state index in [0.29, 0.717) is 43.9 Å². The van der Waals surface area contributed by atoms with Gasteiger partial charge in [0.05, 0.1) is 16.6 Å². The SMILES string of the molecule is Cc1nc(COc2ccc(C(=O)N3CCC(C(=O)O)CC3)cc2)cs1. The number of hydrogen-bond acceptors (Lipinski definition) is 5. The van der Waals surface area contributed by atoms with Gasteiger partial charge in [-0.05, 0) is 44.0 Å². The molecule has 25 heavy (non-hydrogen) atoms. The third-order valence-corrected chi connectivity index (χ3v) is 5.11. The fraction of sp³-hybridized carbons (Fsp3) is 0.389. The maximum atomic E-state index is 12.5. The lowest BCUT2D eigenvalue weighted by atomic mass is 9.96. The summed E-state index contributed by atoms with van der Waals surface area (Å²) in [5.41, 5.74) is 1.48. The van der Waals surface area contributed by atoms with Gasteiger partial charge in [-0.25, -0.2) is 4.98 Å². The summed E-state index contributed by atoms with van der Waals surface area (Å²) < 4.78 is 5.68. The average molecular weight is 360 g/mol. The van der Waals surface area contributed by atoms with Crippen LogP contribution in [0, 0.1) is 12.8 Å². The Kier molecular flexibility index (Phi) is 5.33. The predicted molar refractivity (Wildman–Crippen MR) is 93.9 cm³/mol. The van der Waals surface area contributed by atoms with Crippen molar-refractivity contribution in [2.45, 2.75) is 26.4 Å². The number of aryl methyl sites for hydroxylation is 1. The standard InChI is InChI=1S/C18H20N2O4S/c1-12-19-15(11-25-12)10-24-16-4-2-13(3-5-16)17(21)20-8-6-14(7-9-20)18(22)23/h2-5,11,14H,6-10H2,1H3,(H,22,23). The van der Waals surface area contributed by atoms with Crippen molar-refractivity contribution in [3.8, 4) is 5.75 Å². The van der Waals surface area contributed by atoms with Crippen molar-refractivity contribution < 1.29 is 19.4 Å². The number of aliphatic carboxylic acids is 1. The Morgan fingerprint density at radius 1 is 1.28 bits per heavy atom. The smallest absolute Gasteiger partial charge is 0.306 e. The Morgan fingerprint density at radius 3 is 2.52 bits per heavy atom. The summed E-state index contributed by atoms with van der Waals surface area (Å²) in [6.07, 6.45) is 1.02. The number of carboxylic acids is 1. The molecule has 0 unspecified atom stereocenters. The Labute approximate surface area is 150 Å². The molecule has 0 bridgehead atoms. The number of rotatable bonds is 5. The van der Waals surface area contributed by atoms with Crippen LogP contribution in [0.3, 0.4) is 0 Å². The van der Waals surface area contributed by atoms with Gasteiger partial charge in [0.15, 0.2) is 0 Å². The molecule has 132 valence electrons. The second-order valence-electron chi connectivity index (χ2n) is 6.08. The van der Waals surface area contributed by atoms with Crippen LogP contribution in [0.15, 0.2) is 29.6 Å². The van der Waals surface area contributed by atoms with Crippen LogP contribution >= 0.6 is 11.3 Å². The van der Waals surface area contributed by atoms with Crippen LogP contribution in [0.25, 0.3) is 0 Å². The minimum absolute atomic E-state index is 0.0643. The van der Waals surface area contributed by atoms with Gasteiger partial charge < -0.3 is 14.7 Å². The van der Waals surface area contributed by atoms with Crippen molar-refractivity contribution in [3.63, 3.8) is 0 Å². The normalized spacial score (nSPS) is 15.2. The summed E-state index contributed by atoms with van der Waals surface area (Å²) in [6, 6.07) is 7.04. The Morgan fingerprint density at radius 2 is 1.96 bits per heavy atom. The van der Waals surface area contributed by atoms with Gasteiger partial charge in [-0.1, -0.05) is 0 Å². The zero-order valence-electron chi connectivity index (χ0n) is 14.0. The monoisotopic (exact) mass is 360 g/mol. The Hall–Kier alpha value is -2.41. The summed E-state index contributed by atoms with van der Waals surface area (Å²) in [5.74, 6) is -0.490. The first-order valence-electron chi connectivity index (χ1n) is 8.19. The van der Waals surface area contributed by atoms with Crippen molar-refractivity contribution in [2.24, 2.45) is 5.92 Å². The van der Waals surface area contributed by atoms with Crippen molar-refractivity contribution in [3.05, 3.63) is 45.9 Å². The third kappa shape index (κ3) is 4.36. The van der Waals surface area contributed by atoms with Crippen LogP contribution in [0.5, 0.6) is 5.75 Å². The highest BCUT2D eigenvalue weighted by Gasteiger charge is 2.27. The van der Waals surface area contributed by atoms with E-state index in [9.17, 15) is 9.59 Å². The number of nitrogens with zero attached hydrogens (tertiary/aromatic N) is 2. The first kappa shape index (κ1) is 17.4. The first-order chi connectivity index (χ1) is 12.0. The number of piperidine rings is 1. The lowest BCUT2D eigenvalue weighted by molar-refractivity contribution is -0.143. The van der Waals surface area contributed by atoms with E-state index in [1.807, 2.05) is 12.3 Å². The van der Waals surface area contributed by atoms with Gasteiger partial charge in [0.2, 0.25) is 0 Å². The summed E-state index contributed by atoms with van der Waals surface area (Å²) in [4.78, 5) is 29.5. The molecule has 0 atom stereocenters. The van der Waals surface area contributed by atoms with Crippen LogP contribution in [-0.2, 0) is 11.4 Å². The van der Waals surface area contributed by atoms with Gasteiger partial charge in [-0.15, -0.1) is 11.3 Å². The molecule has 7 heteroatoms. The van der Waals surface area contributed by atoms with E-state index in [0.717, 1.165) is 10.7 Å².